The molecule has 0 radical (unpaired) electrons. The Morgan fingerprint density at radius 1 is 1.15 bits per heavy atom. The van der Waals surface area contributed by atoms with Crippen molar-refractivity contribution in [2.24, 2.45) is 5.10 Å². The topological polar surface area (TPSA) is 24.4 Å². The first kappa shape index (κ1) is 8.05. The molecule has 0 saturated heterocycles. The molecule has 0 spiro atoms. The maximum Gasteiger partial charge on any atom is 0.0634 e. The van der Waals surface area contributed by atoms with Gasteiger partial charge in [0, 0.05) is 0 Å². The second-order valence-corrected chi connectivity index (χ2v) is 3.29. The average Bonchev–Trinajstić information content (AvgIpc) is 2.29. The number of hydrogen-bond acceptors (Lipinski definition) is 2. The van der Waals surface area contributed by atoms with Crippen molar-refractivity contribution in [3.05, 3.63) is 35.4 Å². The summed E-state index contributed by atoms with van der Waals surface area (Å²) in [6.45, 7) is 4.06. The first-order valence-electron chi connectivity index (χ1n) is 4.35. The van der Waals surface area contributed by atoms with Crippen molar-refractivity contribution in [1.29, 1.82) is 0 Å². The minimum Gasteiger partial charge on any atom is -0.278 e. The summed E-state index contributed by atoms with van der Waals surface area (Å²) >= 11 is 0. The van der Waals surface area contributed by atoms with E-state index in [1.807, 2.05) is 13.0 Å². The van der Waals surface area contributed by atoms with Gasteiger partial charge in [0.2, 0.25) is 0 Å². The number of anilines is 1. The van der Waals surface area contributed by atoms with Crippen molar-refractivity contribution in [2.75, 3.05) is 5.43 Å². The van der Waals surface area contributed by atoms with Crippen molar-refractivity contribution in [1.82, 2.24) is 0 Å². The molecule has 1 aliphatic rings. The lowest BCUT2D eigenvalue weighted by atomic mass is 10.1. The fraction of sp³-hybridized carbons (Fsp3) is 0.182. The van der Waals surface area contributed by atoms with Gasteiger partial charge in [-0.3, -0.25) is 5.43 Å². The number of hydrazone groups is 1. The number of aryl methyl sites for hydroxylation is 1. The van der Waals surface area contributed by atoms with Gasteiger partial charge in [0.1, 0.15) is 0 Å². The molecule has 2 heteroatoms. The van der Waals surface area contributed by atoms with Crippen LogP contribution in [0.4, 0.5) is 5.69 Å². The molecule has 0 saturated carbocycles. The van der Waals surface area contributed by atoms with Gasteiger partial charge < -0.3 is 0 Å². The summed E-state index contributed by atoms with van der Waals surface area (Å²) in [5, 5.41) is 4.17. The fourth-order valence-corrected chi connectivity index (χ4v) is 1.32. The summed E-state index contributed by atoms with van der Waals surface area (Å²) in [6, 6.07) is 6.28. The third-order valence-electron chi connectivity index (χ3n) is 2.06. The number of hydrogen-bond donors (Lipinski definition) is 1. The van der Waals surface area contributed by atoms with Crippen molar-refractivity contribution in [3.63, 3.8) is 0 Å². The molecule has 2 nitrogen and oxygen atoms in total. The average molecular weight is 172 g/mol. The zero-order valence-electron chi connectivity index (χ0n) is 7.83. The molecule has 1 N–H and O–H groups in total. The smallest absolute Gasteiger partial charge is 0.0634 e. The van der Waals surface area contributed by atoms with Gasteiger partial charge >= 0.3 is 0 Å². The van der Waals surface area contributed by atoms with Gasteiger partial charge in [-0.25, -0.2) is 0 Å². The molecule has 0 bridgehead atoms. The standard InChI is InChI=1S/C11H12N2/c1-8-3-6-11-10(7-8)5-4-9(2)12-13-11/h3-7,13H,1-2H3. The van der Waals surface area contributed by atoms with Crippen LogP contribution in [0.2, 0.25) is 0 Å². The number of allylic oxidation sites excluding steroid dienone is 1. The normalized spacial score (nSPS) is 14.2. The van der Waals surface area contributed by atoms with E-state index < -0.39 is 0 Å². The molecule has 0 amide bonds. The summed E-state index contributed by atoms with van der Waals surface area (Å²) in [5.41, 5.74) is 7.55. The van der Waals surface area contributed by atoms with E-state index in [4.69, 9.17) is 0 Å². The van der Waals surface area contributed by atoms with Crippen molar-refractivity contribution in [3.8, 4) is 0 Å². The lowest BCUT2D eigenvalue weighted by Crippen LogP contribution is -1.92. The van der Waals surface area contributed by atoms with E-state index in [1.54, 1.807) is 0 Å². The Hall–Kier alpha value is -1.57. The summed E-state index contributed by atoms with van der Waals surface area (Å²) in [4.78, 5) is 0. The zero-order chi connectivity index (χ0) is 9.26. The van der Waals surface area contributed by atoms with Crippen LogP contribution in [0.25, 0.3) is 6.08 Å². The highest BCUT2D eigenvalue weighted by atomic mass is 15.3. The molecule has 0 aromatic heterocycles. The van der Waals surface area contributed by atoms with E-state index in [9.17, 15) is 0 Å². The molecular weight excluding hydrogens is 160 g/mol. The lowest BCUT2D eigenvalue weighted by Gasteiger charge is -2.04. The SMILES string of the molecule is CC1=NNc2ccc(C)cc2C=C1. The molecule has 0 atom stereocenters. The fourth-order valence-electron chi connectivity index (χ4n) is 1.32. The summed E-state index contributed by atoms with van der Waals surface area (Å²) in [6.07, 6.45) is 4.10. The Balaban J connectivity index is 2.50. The van der Waals surface area contributed by atoms with Gasteiger partial charge in [0.05, 0.1) is 11.4 Å². The number of rotatable bonds is 0. The first-order chi connectivity index (χ1) is 6.25. The van der Waals surface area contributed by atoms with Crippen molar-refractivity contribution in [2.45, 2.75) is 13.8 Å². The molecule has 1 aliphatic heterocycles. The highest BCUT2D eigenvalue weighted by Crippen LogP contribution is 2.20. The maximum absolute atomic E-state index is 4.17. The molecule has 0 unspecified atom stereocenters. The zero-order valence-corrected chi connectivity index (χ0v) is 7.83. The quantitative estimate of drug-likeness (QED) is 0.639. The van der Waals surface area contributed by atoms with Crippen LogP contribution < -0.4 is 5.43 Å². The Labute approximate surface area is 78.0 Å². The predicted octanol–water partition coefficient (Wildman–Crippen LogP) is 2.81. The minimum absolute atomic E-state index is 0.994. The third-order valence-corrected chi connectivity index (χ3v) is 2.06. The van der Waals surface area contributed by atoms with Crippen LogP contribution in [0.15, 0.2) is 29.4 Å². The molecule has 0 fully saturated rings. The van der Waals surface area contributed by atoms with Gasteiger partial charge in [-0.05, 0) is 37.6 Å². The summed E-state index contributed by atoms with van der Waals surface area (Å²) in [5.74, 6) is 0. The first-order valence-corrected chi connectivity index (χ1v) is 4.35. The molecule has 66 valence electrons. The molecule has 2 rings (SSSR count). The minimum atomic E-state index is 0.994. The number of fused-ring (bicyclic) bond motifs is 1. The largest absolute Gasteiger partial charge is 0.278 e. The van der Waals surface area contributed by atoms with E-state index in [0.29, 0.717) is 0 Å². The lowest BCUT2D eigenvalue weighted by molar-refractivity contribution is 1.32. The molecular formula is C11H12N2. The molecule has 13 heavy (non-hydrogen) atoms. The van der Waals surface area contributed by atoms with E-state index >= 15 is 0 Å². The van der Waals surface area contributed by atoms with Crippen molar-refractivity contribution >= 4 is 17.5 Å². The second-order valence-electron chi connectivity index (χ2n) is 3.29. The highest BCUT2D eigenvalue weighted by molar-refractivity contribution is 5.98. The van der Waals surface area contributed by atoms with E-state index in [0.717, 1.165) is 11.4 Å². The van der Waals surface area contributed by atoms with Crippen LogP contribution in [-0.4, -0.2) is 5.71 Å². The molecule has 1 heterocycles. The number of nitrogens with one attached hydrogen (secondary N) is 1. The van der Waals surface area contributed by atoms with Gasteiger partial charge in [-0.2, -0.15) is 5.10 Å². The predicted molar refractivity (Wildman–Crippen MR) is 56.9 cm³/mol. The Bertz CT molecular complexity index is 389. The summed E-state index contributed by atoms with van der Waals surface area (Å²) in [7, 11) is 0. The van der Waals surface area contributed by atoms with Crippen LogP contribution in [0.3, 0.4) is 0 Å². The Kier molecular flexibility index (Phi) is 1.89. The van der Waals surface area contributed by atoms with Crippen LogP contribution in [0.5, 0.6) is 0 Å². The van der Waals surface area contributed by atoms with Crippen molar-refractivity contribution < 1.29 is 0 Å². The van der Waals surface area contributed by atoms with Crippen LogP contribution in [-0.2, 0) is 0 Å². The van der Waals surface area contributed by atoms with Gasteiger partial charge in [-0.15, -0.1) is 0 Å². The third kappa shape index (κ3) is 1.61. The number of benzene rings is 1. The van der Waals surface area contributed by atoms with Gasteiger partial charge in [-0.1, -0.05) is 17.7 Å². The molecule has 1 aromatic carbocycles. The maximum atomic E-state index is 4.17. The van der Waals surface area contributed by atoms with Gasteiger partial charge in [0.15, 0.2) is 0 Å². The number of nitrogens with zero attached hydrogens (tertiary/aromatic N) is 1. The van der Waals surface area contributed by atoms with Crippen LogP contribution in [0, 0.1) is 6.92 Å². The van der Waals surface area contributed by atoms with E-state index in [2.05, 4.69) is 41.7 Å². The van der Waals surface area contributed by atoms with Gasteiger partial charge in [0.25, 0.3) is 0 Å². The molecule has 0 aliphatic carbocycles. The second kappa shape index (κ2) is 3.05. The Morgan fingerprint density at radius 2 is 2.00 bits per heavy atom. The highest BCUT2D eigenvalue weighted by Gasteiger charge is 2.01. The van der Waals surface area contributed by atoms with E-state index in [-0.39, 0.29) is 0 Å². The summed E-state index contributed by atoms with van der Waals surface area (Å²) < 4.78 is 0. The monoisotopic (exact) mass is 172 g/mol. The van der Waals surface area contributed by atoms with E-state index in [1.165, 1.54) is 11.1 Å². The molecule has 1 aromatic rings. The Morgan fingerprint density at radius 3 is 2.85 bits per heavy atom. The van der Waals surface area contributed by atoms with Crippen LogP contribution >= 0.6 is 0 Å². The van der Waals surface area contributed by atoms with Crippen LogP contribution in [0.1, 0.15) is 18.1 Å².